The lowest BCUT2D eigenvalue weighted by Crippen LogP contribution is -2.47. The Morgan fingerprint density at radius 3 is 2.29 bits per heavy atom. The largest absolute Gasteiger partial charge is 0.455 e. The molecule has 2 saturated heterocycles. The number of ether oxygens (including phenoxy) is 2. The zero-order valence-electron chi connectivity index (χ0n) is 32.0. The molecule has 0 saturated carbocycles. The first-order chi connectivity index (χ1) is 27.9. The second-order valence-corrected chi connectivity index (χ2v) is 16.8. The first-order valence-corrected chi connectivity index (χ1v) is 21.2. The molecule has 58 heavy (non-hydrogen) atoms. The van der Waals surface area contributed by atoms with Gasteiger partial charge in [0.1, 0.15) is 17.2 Å². The first-order valence-electron chi connectivity index (χ1n) is 19.0. The monoisotopic (exact) mass is 843 g/mol. The SMILES string of the molecule is CC(c1ccccc1-c1ccc(Cl)cc1)N1CCN(c2ccc(C(=O)NS(=O)(=O)c3ccc(N(C)C4CCOCC4)c([N+](=O)[O-])c3)c(Oc3ccccc3Cl)c2)CC1. The smallest absolute Gasteiger partial charge is 0.293 e. The van der Waals surface area contributed by atoms with Gasteiger partial charge in [0.25, 0.3) is 21.6 Å². The molecule has 1 atom stereocenters. The molecular formula is C43H43Cl2N5O7S. The Balaban J connectivity index is 1.11. The van der Waals surface area contributed by atoms with Crippen LogP contribution in [0.5, 0.6) is 11.5 Å². The summed E-state index contributed by atoms with van der Waals surface area (Å²) in [5.74, 6) is -0.612. The van der Waals surface area contributed by atoms with E-state index in [0.717, 1.165) is 36.0 Å². The van der Waals surface area contributed by atoms with Crippen LogP contribution < -0.4 is 19.3 Å². The van der Waals surface area contributed by atoms with Gasteiger partial charge in [-0.1, -0.05) is 71.7 Å². The van der Waals surface area contributed by atoms with Crippen molar-refractivity contribution < 1.29 is 27.6 Å². The molecule has 2 aliphatic rings. The number of para-hydroxylation sites is 1. The van der Waals surface area contributed by atoms with Gasteiger partial charge in [-0.3, -0.25) is 19.8 Å². The van der Waals surface area contributed by atoms with Gasteiger partial charge >= 0.3 is 0 Å². The van der Waals surface area contributed by atoms with E-state index in [2.05, 4.69) is 39.6 Å². The van der Waals surface area contributed by atoms with Gasteiger partial charge in [0, 0.05) is 81.4 Å². The number of hydrogen-bond acceptors (Lipinski definition) is 10. The first kappa shape index (κ1) is 41.0. The molecule has 0 radical (unpaired) electrons. The lowest BCUT2D eigenvalue weighted by Gasteiger charge is -2.40. The number of piperazine rings is 1. The Kier molecular flexibility index (Phi) is 12.5. The van der Waals surface area contributed by atoms with Crippen molar-refractivity contribution in [1.82, 2.24) is 9.62 Å². The van der Waals surface area contributed by atoms with Crippen molar-refractivity contribution in [3.8, 4) is 22.6 Å². The normalized spacial score (nSPS) is 15.8. The number of hydrogen-bond donors (Lipinski definition) is 1. The molecule has 12 nitrogen and oxygen atoms in total. The minimum Gasteiger partial charge on any atom is -0.455 e. The van der Waals surface area contributed by atoms with E-state index in [1.807, 2.05) is 30.3 Å². The maximum absolute atomic E-state index is 13.8. The van der Waals surface area contributed by atoms with Crippen LogP contribution in [0.4, 0.5) is 17.1 Å². The van der Waals surface area contributed by atoms with Crippen molar-refractivity contribution >= 4 is 56.2 Å². The fraction of sp³-hybridized carbons (Fsp3) is 0.279. The number of amides is 1. The Morgan fingerprint density at radius 1 is 0.897 bits per heavy atom. The van der Waals surface area contributed by atoms with Crippen molar-refractivity contribution in [2.24, 2.45) is 0 Å². The highest BCUT2D eigenvalue weighted by Crippen LogP contribution is 2.37. The number of nitrogens with zero attached hydrogens (tertiary/aromatic N) is 4. The second kappa shape index (κ2) is 17.8. The lowest BCUT2D eigenvalue weighted by atomic mass is 9.94. The third-order valence-corrected chi connectivity index (χ3v) is 12.8. The van der Waals surface area contributed by atoms with Gasteiger partial charge in [0.15, 0.2) is 0 Å². The Hall–Kier alpha value is -5.18. The molecule has 2 aliphatic heterocycles. The minimum absolute atomic E-state index is 0.00944. The Morgan fingerprint density at radius 2 is 1.59 bits per heavy atom. The number of carbonyl (C=O) groups is 1. The van der Waals surface area contributed by atoms with Crippen LogP contribution in [-0.2, 0) is 14.8 Å². The maximum Gasteiger partial charge on any atom is 0.293 e. The van der Waals surface area contributed by atoms with Crippen molar-refractivity contribution in [1.29, 1.82) is 0 Å². The Bertz CT molecular complexity index is 2400. The van der Waals surface area contributed by atoms with Crippen LogP contribution in [-0.4, -0.2) is 76.6 Å². The molecule has 0 aliphatic carbocycles. The van der Waals surface area contributed by atoms with Gasteiger partial charge in [0.2, 0.25) is 0 Å². The summed E-state index contributed by atoms with van der Waals surface area (Å²) in [6.07, 6.45) is 1.36. The zero-order chi connectivity index (χ0) is 41.0. The zero-order valence-corrected chi connectivity index (χ0v) is 34.3. The minimum atomic E-state index is -4.57. The number of nitro groups is 1. The fourth-order valence-electron chi connectivity index (χ4n) is 7.56. The number of sulfonamides is 1. The van der Waals surface area contributed by atoms with E-state index in [1.165, 1.54) is 23.8 Å². The van der Waals surface area contributed by atoms with Crippen LogP contribution >= 0.6 is 23.2 Å². The average Bonchev–Trinajstić information content (AvgIpc) is 3.24. The number of halogens is 2. The van der Waals surface area contributed by atoms with E-state index in [4.69, 9.17) is 32.7 Å². The van der Waals surface area contributed by atoms with Gasteiger partial charge in [0.05, 0.1) is 20.4 Å². The number of carbonyl (C=O) groups excluding carboxylic acids is 1. The van der Waals surface area contributed by atoms with E-state index in [-0.39, 0.29) is 34.8 Å². The van der Waals surface area contributed by atoms with Gasteiger partial charge < -0.3 is 19.3 Å². The predicted molar refractivity (Wildman–Crippen MR) is 227 cm³/mol. The number of rotatable bonds is 12. The van der Waals surface area contributed by atoms with Gasteiger partial charge in [-0.2, -0.15) is 0 Å². The molecule has 302 valence electrons. The molecule has 2 heterocycles. The summed E-state index contributed by atoms with van der Waals surface area (Å²) < 4.78 is 41.0. The molecule has 0 aromatic heterocycles. The Labute approximate surface area is 348 Å². The summed E-state index contributed by atoms with van der Waals surface area (Å²) in [5.41, 5.74) is 4.05. The van der Waals surface area contributed by atoms with Crippen LogP contribution in [0.2, 0.25) is 10.0 Å². The lowest BCUT2D eigenvalue weighted by molar-refractivity contribution is -0.384. The molecule has 1 amide bonds. The topological polar surface area (TPSA) is 135 Å². The van der Waals surface area contributed by atoms with E-state index >= 15 is 0 Å². The quantitative estimate of drug-likeness (QED) is 0.0958. The number of nitrogens with one attached hydrogen (secondary N) is 1. The van der Waals surface area contributed by atoms with E-state index in [9.17, 15) is 23.3 Å². The van der Waals surface area contributed by atoms with Crippen LogP contribution in [0.1, 0.15) is 41.7 Å². The molecule has 7 rings (SSSR count). The summed E-state index contributed by atoms with van der Waals surface area (Å²) in [6.45, 7) is 6.14. The maximum atomic E-state index is 13.8. The van der Waals surface area contributed by atoms with E-state index < -0.39 is 31.4 Å². The summed E-state index contributed by atoms with van der Waals surface area (Å²) in [6, 6.07) is 31.7. The van der Waals surface area contributed by atoms with E-state index in [1.54, 1.807) is 48.3 Å². The molecule has 5 aromatic rings. The van der Waals surface area contributed by atoms with Crippen molar-refractivity contribution in [3.05, 3.63) is 140 Å². The van der Waals surface area contributed by atoms with Crippen molar-refractivity contribution in [2.45, 2.75) is 36.7 Å². The molecule has 0 spiro atoms. The third kappa shape index (κ3) is 9.09. The molecule has 15 heteroatoms. The van der Waals surface area contributed by atoms with Crippen molar-refractivity contribution in [2.75, 3.05) is 56.2 Å². The summed E-state index contributed by atoms with van der Waals surface area (Å²) >= 11 is 12.6. The molecule has 5 aromatic carbocycles. The second-order valence-electron chi connectivity index (χ2n) is 14.3. The highest BCUT2D eigenvalue weighted by Gasteiger charge is 2.30. The summed E-state index contributed by atoms with van der Waals surface area (Å²) in [4.78, 5) is 31.3. The fourth-order valence-corrected chi connectivity index (χ4v) is 8.85. The average molecular weight is 845 g/mol. The molecule has 1 N–H and O–H groups in total. The molecule has 1 unspecified atom stereocenters. The third-order valence-electron chi connectivity index (χ3n) is 10.9. The highest BCUT2D eigenvalue weighted by molar-refractivity contribution is 7.90. The number of nitro benzene ring substituents is 1. The van der Waals surface area contributed by atoms with Gasteiger partial charge in [-0.15, -0.1) is 0 Å². The van der Waals surface area contributed by atoms with Gasteiger partial charge in [-0.05, 0) is 85.0 Å². The number of benzene rings is 5. The summed E-state index contributed by atoms with van der Waals surface area (Å²) in [5, 5.41) is 13.2. The van der Waals surface area contributed by atoms with Gasteiger partial charge in [-0.25, -0.2) is 13.1 Å². The molecule has 2 fully saturated rings. The predicted octanol–water partition coefficient (Wildman–Crippen LogP) is 8.98. The highest BCUT2D eigenvalue weighted by atomic mass is 35.5. The van der Waals surface area contributed by atoms with Crippen LogP contribution in [0.15, 0.2) is 114 Å². The van der Waals surface area contributed by atoms with Crippen LogP contribution in [0, 0.1) is 10.1 Å². The van der Waals surface area contributed by atoms with Crippen molar-refractivity contribution in [3.63, 3.8) is 0 Å². The summed E-state index contributed by atoms with van der Waals surface area (Å²) in [7, 11) is -2.83. The van der Waals surface area contributed by atoms with Crippen LogP contribution in [0.25, 0.3) is 11.1 Å². The van der Waals surface area contributed by atoms with Crippen LogP contribution in [0.3, 0.4) is 0 Å². The number of anilines is 2. The van der Waals surface area contributed by atoms with E-state index in [0.29, 0.717) is 49.2 Å². The molecular weight excluding hydrogens is 801 g/mol. The standard InChI is InChI=1S/C43H43Cl2N5O7S/c1-29(35-7-3-4-8-36(35)30-11-13-31(44)14-12-30)48-21-23-49(24-22-48)33-15-17-37(42(27-33)57-41-10-6-5-9-38(41)45)43(51)46-58(54,55)34-16-18-39(40(28-34)50(52)53)47(2)32-19-25-56-26-20-32/h3-18,27-29,32H,19-26H2,1-2H3,(H,46,51). The molecule has 0 bridgehead atoms.